The molecule has 137 heavy (non-hydrogen) atoms. The van der Waals surface area contributed by atoms with Crippen molar-refractivity contribution in [2.75, 3.05) is 51.2 Å². The third-order valence-electron chi connectivity index (χ3n) is 28.3. The number of fused-ring (bicyclic) bond motifs is 6. The third kappa shape index (κ3) is 24.1. The highest BCUT2D eigenvalue weighted by molar-refractivity contribution is 7.60. The van der Waals surface area contributed by atoms with E-state index in [2.05, 4.69) is 20.6 Å². The number of ketones is 2. The fourth-order valence-electron chi connectivity index (χ4n) is 20.8. The Morgan fingerprint density at radius 1 is 0.555 bits per heavy atom. The predicted molar refractivity (Wildman–Crippen MR) is 529 cm³/mol. The average molecular weight is 2010 g/mol. The molecule has 3 N–H and O–H groups in total. The molecular formula is C103H128Cl2F4N8O16P2S2. The van der Waals surface area contributed by atoms with Crippen LogP contribution in [0, 0.1) is 64.7 Å². The Bertz CT molecular complexity index is 5890. The number of aromatic nitrogens is 4. The van der Waals surface area contributed by atoms with Gasteiger partial charge in [-0.3, -0.25) is 42.7 Å². The molecule has 14 atom stereocenters. The van der Waals surface area contributed by atoms with E-state index in [0.717, 1.165) is 119 Å². The molecule has 8 aromatic rings. The molecule has 6 fully saturated rings. The molecule has 8 heterocycles. The number of esters is 2. The predicted octanol–water partition coefficient (Wildman–Crippen LogP) is 24.1. The van der Waals surface area contributed by atoms with Crippen molar-refractivity contribution in [3.63, 3.8) is 0 Å². The number of aromatic amines is 1. The van der Waals surface area contributed by atoms with Crippen LogP contribution >= 0.6 is 60.6 Å². The summed E-state index contributed by atoms with van der Waals surface area (Å²) in [5.41, 5.74) is 2.62. The first kappa shape index (κ1) is 104. The van der Waals surface area contributed by atoms with Gasteiger partial charge in [-0.1, -0.05) is 93.3 Å². The van der Waals surface area contributed by atoms with E-state index >= 15 is 22.9 Å². The van der Waals surface area contributed by atoms with Crippen molar-refractivity contribution >= 4 is 128 Å². The average Bonchev–Trinajstić information content (AvgIpc) is 1.55. The van der Waals surface area contributed by atoms with Crippen LogP contribution in [-0.2, 0) is 68.7 Å². The number of carbonyl (C=O) groups excluding carboxylic acids is 6. The molecule has 2 saturated heterocycles. The molecule has 24 nitrogen and oxygen atoms in total. The molecule has 16 rings (SSSR count). The first-order chi connectivity index (χ1) is 65.6. The molecule has 4 saturated carbocycles. The number of Topliss-reactive ketones (excluding diaryl/α,β-unsaturated/α-hetero) is 2. The second kappa shape index (κ2) is 45.8. The Balaban J connectivity index is 0.000000186. The van der Waals surface area contributed by atoms with Gasteiger partial charge >= 0.3 is 11.9 Å². The lowest BCUT2D eigenvalue weighted by Crippen LogP contribution is -2.46. The number of amides is 2. The number of thiazole rings is 2. The zero-order valence-corrected chi connectivity index (χ0v) is 84.9. The van der Waals surface area contributed by atoms with Crippen LogP contribution < -0.4 is 30.3 Å². The first-order valence-corrected chi connectivity index (χ1v) is 54.6. The van der Waals surface area contributed by atoms with E-state index in [1.807, 2.05) is 83.5 Å². The summed E-state index contributed by atoms with van der Waals surface area (Å²) in [6.07, 6.45) is 20.3. The number of halogens is 6. The van der Waals surface area contributed by atoms with Crippen molar-refractivity contribution in [2.24, 2.45) is 41.4 Å². The second-order valence-corrected chi connectivity index (χ2v) is 46.9. The zero-order valence-electron chi connectivity index (χ0n) is 79.9. The van der Waals surface area contributed by atoms with E-state index in [1.165, 1.54) is 41.9 Å². The number of rotatable bonds is 26. The Morgan fingerprint density at radius 3 is 1.49 bits per heavy atom. The maximum Gasteiger partial charge on any atom is 0.306 e. The summed E-state index contributed by atoms with van der Waals surface area (Å²) in [6, 6.07) is 15.9. The lowest BCUT2D eigenvalue weighted by Gasteiger charge is -2.33. The van der Waals surface area contributed by atoms with Gasteiger partial charge in [0.2, 0.25) is 26.6 Å². The van der Waals surface area contributed by atoms with Gasteiger partial charge in [0, 0.05) is 82.7 Å². The molecule has 4 aromatic heterocycles. The standard InChI is InChI=1S/C51H62ClF2N4O8PS.C36H50F2NO6P.C16H16ClN3O2S/c1-6-64-67(62,28-37-38(53)18-13-19-39(37)54)51-25-32(51)15-10-8-7-9-14-31(4)36(23-46(60)66-33-16-11-12-17-33)49(61)58-27-34(22-42(58)43(59)26-51)65-45-24-40(41-29-68-50(57-41)55-30(2)3)56-48-35(45)20-21-44(63-5)47(48)52;1-4-44-46(43,23-29-30(37)16-11-17-31(29)38)36-20-26(36)13-8-6-5-7-12-25(3)28(19-34(41)45-27-14-9-10-15-27)35(42)39-22-24(2)18-32(39)33(40)21-36;1-8(2)18-16-20-11(7-23-16)10-6-12(21)9-4-5-13(22-3)14(17)15(9)19-10/h10,13,15,18-21,24,29-34,36,42H,6-9,11-12,14,16-17,22-23,25-28H2,1-5H3,(H,55,57);8,11,13,16-17,24-28,32H,4-7,9-10,12,14-15,18-23H2,1-3H3;4-8H,1-3H3,(H,18,20)(H,19,21)/b15-10-;13-8-;/t31-,32-,34-,36+,42+,51-,67?;24-,25+,26+,28-,32-,36+,46?;/m10./s1. The normalized spacial score (nSPS) is 25.9. The van der Waals surface area contributed by atoms with Gasteiger partial charge in [-0.25, -0.2) is 32.5 Å². The number of pyridine rings is 2. The molecule has 4 aliphatic carbocycles. The Morgan fingerprint density at radius 2 is 1.01 bits per heavy atom. The maximum absolute atomic E-state index is 15.4. The summed E-state index contributed by atoms with van der Waals surface area (Å²) in [5.74, 6) is -6.11. The summed E-state index contributed by atoms with van der Waals surface area (Å²) in [6.45, 7) is 18.0. The first-order valence-electron chi connectivity index (χ1n) is 48.5. The molecule has 0 spiro atoms. The van der Waals surface area contributed by atoms with Gasteiger partial charge in [0.1, 0.15) is 74.6 Å². The lowest BCUT2D eigenvalue weighted by molar-refractivity contribution is -0.155. The van der Waals surface area contributed by atoms with E-state index < -0.39 is 96.6 Å². The lowest BCUT2D eigenvalue weighted by atomic mass is 9.85. The third-order valence-corrected chi connectivity index (χ3v) is 37.4. The van der Waals surface area contributed by atoms with Crippen LogP contribution in [0.2, 0.25) is 10.0 Å². The molecule has 34 heteroatoms. The number of ether oxygens (including phenoxy) is 5. The van der Waals surface area contributed by atoms with Crippen LogP contribution in [0.4, 0.5) is 27.8 Å². The minimum atomic E-state index is -4.02. The minimum Gasteiger partial charge on any atom is -0.495 e. The monoisotopic (exact) mass is 2000 g/mol. The van der Waals surface area contributed by atoms with Crippen LogP contribution in [-0.4, -0.2) is 158 Å². The molecule has 8 aliphatic rings. The fourth-order valence-corrected chi connectivity index (χ4v) is 29.6. The van der Waals surface area contributed by atoms with Crippen LogP contribution in [0.3, 0.4) is 0 Å². The van der Waals surface area contributed by atoms with Gasteiger partial charge in [-0.05, 0) is 229 Å². The van der Waals surface area contributed by atoms with Crippen molar-refractivity contribution in [3.8, 4) is 40.0 Å². The van der Waals surface area contributed by atoms with Crippen LogP contribution in [0.1, 0.15) is 228 Å². The summed E-state index contributed by atoms with van der Waals surface area (Å²) < 4.78 is 132. The number of hydrogen-bond donors (Lipinski definition) is 3. The fraction of sp³-hybridized carbons (Fsp3) is 0.553. The number of nitrogens with zero attached hydrogens (tertiary/aromatic N) is 5. The molecule has 2 amide bonds. The van der Waals surface area contributed by atoms with Crippen LogP contribution in [0.25, 0.3) is 44.6 Å². The number of nitrogens with one attached hydrogen (secondary N) is 3. The van der Waals surface area contributed by atoms with E-state index in [1.54, 1.807) is 67.2 Å². The zero-order chi connectivity index (χ0) is 98.0. The number of allylic oxidation sites excluding steroid dienone is 4. The number of carbonyl (C=O) groups is 6. The van der Waals surface area contributed by atoms with Crippen LogP contribution in [0.15, 0.2) is 113 Å². The Hall–Kier alpha value is -8.86. The van der Waals surface area contributed by atoms with Crippen molar-refractivity contribution < 1.29 is 88.2 Å². The maximum atomic E-state index is 15.4. The highest BCUT2D eigenvalue weighted by Gasteiger charge is 2.68. The number of H-pyrrole nitrogens is 1. The molecule has 4 aromatic carbocycles. The Kier molecular flexibility index (Phi) is 34.8. The van der Waals surface area contributed by atoms with Crippen molar-refractivity contribution in [2.45, 2.75) is 282 Å². The highest BCUT2D eigenvalue weighted by Crippen LogP contribution is 2.78. The SMILES string of the molecule is CCOP(=O)(Cc1c(F)cccc1F)[C@]12CC(=O)[C@@H]3C[C@@H](Oc4cc(-c5csc(NC(C)C)n5)nc5c(Cl)c(OC)ccc45)CN3C(=O)[C@@H](CC(=O)OC3CCCC3)[C@H](C)CCCC/C=C\[C@@H]1C2.CCOP(=O)(Cc1c(F)cccc1F)[C@]12CC(=O)[C@@H]3C[C@H](C)CN3C(=O)[C@@H](CC(=O)OC3CCCC3)[C@H](C)CCCC/C=C\[C@@H]1C2.COc1ccc2c(=O)cc(-c3csc(NC(C)C)n3)[nH]c2c1Cl. The van der Waals surface area contributed by atoms with E-state index in [4.69, 9.17) is 65.9 Å². The van der Waals surface area contributed by atoms with Crippen molar-refractivity contribution in [1.29, 1.82) is 0 Å². The minimum absolute atomic E-state index is 0.00177. The van der Waals surface area contributed by atoms with E-state index in [0.29, 0.717) is 117 Å². The number of benzene rings is 4. The van der Waals surface area contributed by atoms with Gasteiger partial charge in [0.25, 0.3) is 0 Å². The van der Waals surface area contributed by atoms with Gasteiger partial charge in [0.05, 0.1) is 121 Å². The van der Waals surface area contributed by atoms with Crippen molar-refractivity contribution in [1.82, 2.24) is 29.7 Å². The highest BCUT2D eigenvalue weighted by atomic mass is 35.5. The molecular weight excluding hydrogens is 1880 g/mol. The van der Waals surface area contributed by atoms with Gasteiger partial charge < -0.3 is 58.1 Å². The largest absolute Gasteiger partial charge is 0.495 e. The summed E-state index contributed by atoms with van der Waals surface area (Å²) in [7, 11) is -4.78. The smallest absolute Gasteiger partial charge is 0.306 e. The second-order valence-electron chi connectivity index (χ2n) is 38.8. The Labute approximate surface area is 817 Å². The van der Waals surface area contributed by atoms with E-state index in [-0.39, 0.29) is 151 Å². The summed E-state index contributed by atoms with van der Waals surface area (Å²) in [4.78, 5) is 119. The molecule has 740 valence electrons. The molecule has 2 unspecified atom stereocenters. The number of anilines is 2. The quantitative estimate of drug-likeness (QED) is 0.0196. The summed E-state index contributed by atoms with van der Waals surface area (Å²) >= 11 is 16.2. The van der Waals surface area contributed by atoms with Gasteiger partial charge in [-0.15, -0.1) is 22.7 Å². The van der Waals surface area contributed by atoms with Gasteiger partial charge in [-0.2, -0.15) is 0 Å². The van der Waals surface area contributed by atoms with Crippen LogP contribution in [0.5, 0.6) is 17.2 Å². The molecule has 4 aliphatic heterocycles. The van der Waals surface area contributed by atoms with Crippen molar-refractivity contribution in [3.05, 3.63) is 163 Å². The van der Waals surface area contributed by atoms with Gasteiger partial charge in [0.15, 0.2) is 27.3 Å². The molecule has 0 bridgehead atoms. The molecule has 0 radical (unpaired) electrons. The van der Waals surface area contributed by atoms with E-state index in [9.17, 15) is 37.3 Å². The summed E-state index contributed by atoms with van der Waals surface area (Å²) in [5, 5.41) is 11.3. The number of hydrogen-bond acceptors (Lipinski definition) is 23. The number of methoxy groups -OCH3 is 2. The topological polar surface area (TPSA) is 303 Å².